The highest BCUT2D eigenvalue weighted by molar-refractivity contribution is 5.98. The van der Waals surface area contributed by atoms with Gasteiger partial charge in [-0.2, -0.15) is 0 Å². The Morgan fingerprint density at radius 3 is 2.67 bits per heavy atom. The Morgan fingerprint density at radius 2 is 1.94 bits per heavy atom. The summed E-state index contributed by atoms with van der Waals surface area (Å²) in [5.74, 6) is -1.14. The van der Waals surface area contributed by atoms with E-state index in [2.05, 4.69) is 15.3 Å². The van der Waals surface area contributed by atoms with Gasteiger partial charge in [-0.15, -0.1) is 0 Å². The average molecular weight is 450 g/mol. The van der Waals surface area contributed by atoms with Gasteiger partial charge in [-0.05, 0) is 42.7 Å². The molecule has 2 atom stereocenters. The lowest BCUT2D eigenvalue weighted by Crippen LogP contribution is -2.48. The van der Waals surface area contributed by atoms with Crippen LogP contribution >= 0.6 is 0 Å². The van der Waals surface area contributed by atoms with Gasteiger partial charge in [0.2, 0.25) is 0 Å². The van der Waals surface area contributed by atoms with Crippen molar-refractivity contribution in [2.45, 2.75) is 37.8 Å². The molecule has 9 heteroatoms. The van der Waals surface area contributed by atoms with Gasteiger partial charge in [-0.25, -0.2) is 9.37 Å². The van der Waals surface area contributed by atoms with E-state index in [1.807, 2.05) is 24.3 Å². The fourth-order valence-electron chi connectivity index (χ4n) is 4.31. The van der Waals surface area contributed by atoms with Crippen molar-refractivity contribution in [3.63, 3.8) is 0 Å². The maximum absolute atomic E-state index is 15.0. The number of nitrogens with zero attached hydrogens (tertiary/aromatic N) is 3. The number of rotatable bonds is 6. The molecule has 172 valence electrons. The minimum atomic E-state index is -0.785. The maximum Gasteiger partial charge on any atom is 0.252 e. The minimum Gasteiger partial charge on any atom is -0.399 e. The highest BCUT2D eigenvalue weighted by Crippen LogP contribution is 2.31. The fourth-order valence-corrected chi connectivity index (χ4v) is 4.31. The Kier molecular flexibility index (Phi) is 6.41. The molecule has 7 N–H and O–H groups in total. The summed E-state index contributed by atoms with van der Waals surface area (Å²) < 4.78 is 15.0. The van der Waals surface area contributed by atoms with E-state index in [0.29, 0.717) is 11.4 Å². The van der Waals surface area contributed by atoms with E-state index < -0.39 is 11.7 Å². The van der Waals surface area contributed by atoms with Gasteiger partial charge < -0.3 is 27.4 Å². The van der Waals surface area contributed by atoms with Crippen LogP contribution in [0.25, 0.3) is 11.1 Å². The van der Waals surface area contributed by atoms with Gasteiger partial charge in [0.25, 0.3) is 5.91 Å². The number of amides is 1. The zero-order chi connectivity index (χ0) is 23.5. The first-order chi connectivity index (χ1) is 15.8. The Morgan fingerprint density at radius 1 is 1.15 bits per heavy atom. The second kappa shape index (κ2) is 9.41. The highest BCUT2D eigenvalue weighted by Gasteiger charge is 2.29. The quantitative estimate of drug-likeness (QED) is 0.423. The number of likely N-dealkylation sites (N-methyl/N-ethyl adjacent to an activating group) is 1. The number of aromatic nitrogens is 2. The molecule has 1 unspecified atom stereocenters. The van der Waals surface area contributed by atoms with E-state index in [1.54, 1.807) is 30.4 Å². The standard InChI is InChI=1S/C24H28FN7O/c1-32(21-8-3-2-7-20(21)27)24-19(25)11-18(22(28)33)23(31-24)30-17-10-15(12-29-13-17)14-5-4-6-16(26)9-14/h4-6,9-13,20-21H,2-3,7-8,26-27H2,1H3,(H2,28,33)(H,30,31)/t20?,21-/m1/s1. The molecule has 3 aromatic rings. The lowest BCUT2D eigenvalue weighted by Gasteiger charge is -2.37. The summed E-state index contributed by atoms with van der Waals surface area (Å²) in [6.07, 6.45) is 7.11. The number of carbonyl (C=O) groups excluding carboxylic acids is 1. The summed E-state index contributed by atoms with van der Waals surface area (Å²) in [7, 11) is 1.77. The van der Waals surface area contributed by atoms with Crippen molar-refractivity contribution in [2.24, 2.45) is 11.5 Å². The summed E-state index contributed by atoms with van der Waals surface area (Å²) in [6, 6.07) is 10.3. The minimum absolute atomic E-state index is 0.0402. The zero-order valence-corrected chi connectivity index (χ0v) is 18.5. The molecule has 1 fully saturated rings. The van der Waals surface area contributed by atoms with Gasteiger partial charge in [-0.1, -0.05) is 25.0 Å². The molecule has 1 saturated carbocycles. The third-order valence-corrected chi connectivity index (χ3v) is 6.06. The smallest absolute Gasteiger partial charge is 0.252 e. The number of halogens is 1. The van der Waals surface area contributed by atoms with Crippen LogP contribution in [0.4, 0.5) is 27.4 Å². The van der Waals surface area contributed by atoms with Crippen molar-refractivity contribution in [2.75, 3.05) is 23.0 Å². The van der Waals surface area contributed by atoms with E-state index in [-0.39, 0.29) is 29.3 Å². The predicted octanol–water partition coefficient (Wildman–Crippen LogP) is 3.41. The number of nitrogen functional groups attached to an aromatic ring is 1. The molecule has 0 radical (unpaired) electrons. The van der Waals surface area contributed by atoms with Gasteiger partial charge in [0, 0.05) is 36.6 Å². The van der Waals surface area contributed by atoms with Crippen molar-refractivity contribution in [3.8, 4) is 11.1 Å². The topological polar surface area (TPSA) is 136 Å². The zero-order valence-electron chi connectivity index (χ0n) is 18.5. The normalized spacial score (nSPS) is 18.0. The Hall–Kier alpha value is -3.72. The van der Waals surface area contributed by atoms with Gasteiger partial charge >= 0.3 is 0 Å². The van der Waals surface area contributed by atoms with E-state index in [0.717, 1.165) is 42.9 Å². The molecule has 1 aromatic carbocycles. The van der Waals surface area contributed by atoms with Crippen LogP contribution in [-0.2, 0) is 0 Å². The van der Waals surface area contributed by atoms with Crippen LogP contribution in [0, 0.1) is 5.82 Å². The molecule has 0 saturated heterocycles. The maximum atomic E-state index is 15.0. The van der Waals surface area contributed by atoms with Crippen molar-refractivity contribution in [1.82, 2.24) is 9.97 Å². The van der Waals surface area contributed by atoms with Crippen LogP contribution in [0.2, 0.25) is 0 Å². The van der Waals surface area contributed by atoms with Gasteiger partial charge in [-0.3, -0.25) is 9.78 Å². The summed E-state index contributed by atoms with van der Waals surface area (Å²) >= 11 is 0. The summed E-state index contributed by atoms with van der Waals surface area (Å²) in [4.78, 5) is 22.5. The Labute approximate surface area is 192 Å². The Bertz CT molecular complexity index is 1170. The largest absolute Gasteiger partial charge is 0.399 e. The number of hydrogen-bond donors (Lipinski definition) is 4. The van der Waals surface area contributed by atoms with Gasteiger partial charge in [0.15, 0.2) is 11.6 Å². The Balaban J connectivity index is 1.69. The number of nitrogens with two attached hydrogens (primary N) is 3. The van der Waals surface area contributed by atoms with Crippen LogP contribution in [0.1, 0.15) is 36.0 Å². The molecule has 1 amide bonds. The fraction of sp³-hybridized carbons (Fsp3) is 0.292. The first-order valence-corrected chi connectivity index (χ1v) is 10.9. The monoisotopic (exact) mass is 449 g/mol. The number of primary amides is 1. The van der Waals surface area contributed by atoms with Crippen molar-refractivity contribution >= 4 is 28.9 Å². The van der Waals surface area contributed by atoms with E-state index in [1.165, 1.54) is 0 Å². The SMILES string of the molecule is CN(c1nc(Nc2cncc(-c3cccc(N)c3)c2)c(C(N)=O)cc1F)[C@@H]1CCCCC1N. The van der Waals surface area contributed by atoms with Crippen LogP contribution in [-0.4, -0.2) is 35.0 Å². The molecule has 4 rings (SSSR count). The number of pyridine rings is 2. The number of anilines is 4. The van der Waals surface area contributed by atoms with Crippen LogP contribution in [0.5, 0.6) is 0 Å². The highest BCUT2D eigenvalue weighted by atomic mass is 19.1. The van der Waals surface area contributed by atoms with Gasteiger partial charge in [0.05, 0.1) is 17.4 Å². The molecular weight excluding hydrogens is 421 g/mol. The van der Waals surface area contributed by atoms with E-state index in [9.17, 15) is 9.18 Å². The van der Waals surface area contributed by atoms with E-state index >= 15 is 0 Å². The number of nitrogens with one attached hydrogen (secondary N) is 1. The molecule has 0 spiro atoms. The first kappa shape index (κ1) is 22.5. The molecule has 2 aromatic heterocycles. The molecule has 33 heavy (non-hydrogen) atoms. The molecule has 0 aliphatic heterocycles. The molecule has 8 nitrogen and oxygen atoms in total. The van der Waals surface area contributed by atoms with Crippen LogP contribution < -0.4 is 27.4 Å². The third kappa shape index (κ3) is 4.88. The molecule has 1 aliphatic rings. The summed E-state index contributed by atoms with van der Waals surface area (Å²) in [5.41, 5.74) is 20.6. The molecule has 0 bridgehead atoms. The lowest BCUT2D eigenvalue weighted by atomic mass is 9.90. The number of hydrogen-bond acceptors (Lipinski definition) is 7. The van der Waals surface area contributed by atoms with Crippen LogP contribution in [0.15, 0.2) is 48.8 Å². The summed E-state index contributed by atoms with van der Waals surface area (Å²) in [6.45, 7) is 0. The van der Waals surface area contributed by atoms with Crippen molar-refractivity contribution in [3.05, 3.63) is 60.2 Å². The second-order valence-corrected chi connectivity index (χ2v) is 8.39. The second-order valence-electron chi connectivity index (χ2n) is 8.39. The van der Waals surface area contributed by atoms with Crippen LogP contribution in [0.3, 0.4) is 0 Å². The number of benzene rings is 1. The van der Waals surface area contributed by atoms with E-state index in [4.69, 9.17) is 17.2 Å². The first-order valence-electron chi connectivity index (χ1n) is 10.9. The number of carbonyl (C=O) groups is 1. The molecule has 1 aliphatic carbocycles. The van der Waals surface area contributed by atoms with Crippen molar-refractivity contribution in [1.29, 1.82) is 0 Å². The average Bonchev–Trinajstić information content (AvgIpc) is 2.80. The summed E-state index contributed by atoms with van der Waals surface area (Å²) in [5, 5.41) is 3.08. The molecule has 2 heterocycles. The third-order valence-electron chi connectivity index (χ3n) is 6.06. The van der Waals surface area contributed by atoms with Crippen molar-refractivity contribution < 1.29 is 9.18 Å². The molecular formula is C24H28FN7O. The van der Waals surface area contributed by atoms with Gasteiger partial charge in [0.1, 0.15) is 5.82 Å². The predicted molar refractivity (Wildman–Crippen MR) is 129 cm³/mol. The lowest BCUT2D eigenvalue weighted by molar-refractivity contribution is 0.100.